The Labute approximate surface area is 112 Å². The summed E-state index contributed by atoms with van der Waals surface area (Å²) in [6.45, 7) is 1.04. The van der Waals surface area contributed by atoms with Gasteiger partial charge in [-0.1, -0.05) is 5.16 Å². The first-order chi connectivity index (χ1) is 9.08. The number of hydrogen-bond acceptors (Lipinski definition) is 5. The van der Waals surface area contributed by atoms with Crippen molar-refractivity contribution in [2.45, 2.75) is 0 Å². The molecular weight excluding hydrogens is 248 g/mol. The Balaban J connectivity index is 2.36. The van der Waals surface area contributed by atoms with Gasteiger partial charge in [-0.2, -0.15) is 0 Å². The van der Waals surface area contributed by atoms with Crippen molar-refractivity contribution in [3.8, 4) is 5.75 Å². The standard InChI is InChI=1S/C13H18N2O4/c1-15(2)7-8-18-12-5-3-11(4-6-12)9-14-19-10-13(16)17/h3-6,9H,7-8,10H2,1-2H3,(H,16,17). The maximum absolute atomic E-state index is 10.2. The van der Waals surface area contributed by atoms with E-state index in [0.717, 1.165) is 17.9 Å². The molecule has 0 radical (unpaired) electrons. The zero-order valence-corrected chi connectivity index (χ0v) is 11.1. The van der Waals surface area contributed by atoms with E-state index < -0.39 is 12.6 Å². The predicted molar refractivity (Wildman–Crippen MR) is 71.7 cm³/mol. The highest BCUT2D eigenvalue weighted by Gasteiger charge is 1.96. The fourth-order valence-electron chi connectivity index (χ4n) is 1.19. The minimum Gasteiger partial charge on any atom is -0.492 e. The molecule has 0 heterocycles. The normalized spacial score (nSPS) is 10.9. The fourth-order valence-corrected chi connectivity index (χ4v) is 1.19. The molecule has 0 saturated carbocycles. The second-order valence-corrected chi connectivity index (χ2v) is 4.12. The van der Waals surface area contributed by atoms with E-state index in [1.165, 1.54) is 6.21 Å². The van der Waals surface area contributed by atoms with Gasteiger partial charge in [-0.25, -0.2) is 4.79 Å². The zero-order chi connectivity index (χ0) is 14.1. The van der Waals surface area contributed by atoms with Crippen LogP contribution in [0, 0.1) is 0 Å². The highest BCUT2D eigenvalue weighted by molar-refractivity contribution is 5.79. The molecule has 19 heavy (non-hydrogen) atoms. The molecule has 1 aromatic rings. The molecule has 0 fully saturated rings. The van der Waals surface area contributed by atoms with Gasteiger partial charge in [0.2, 0.25) is 6.61 Å². The van der Waals surface area contributed by atoms with Gasteiger partial charge in [-0.15, -0.1) is 0 Å². The second-order valence-electron chi connectivity index (χ2n) is 4.12. The van der Waals surface area contributed by atoms with E-state index in [2.05, 4.69) is 9.99 Å². The molecule has 0 aromatic heterocycles. The molecule has 6 nitrogen and oxygen atoms in total. The van der Waals surface area contributed by atoms with Crippen LogP contribution in [0.3, 0.4) is 0 Å². The number of rotatable bonds is 8. The van der Waals surface area contributed by atoms with E-state index in [-0.39, 0.29) is 0 Å². The Morgan fingerprint density at radius 3 is 2.63 bits per heavy atom. The van der Waals surface area contributed by atoms with Gasteiger partial charge in [0.1, 0.15) is 12.4 Å². The maximum Gasteiger partial charge on any atom is 0.344 e. The van der Waals surface area contributed by atoms with E-state index in [9.17, 15) is 4.79 Å². The number of oxime groups is 1. The Morgan fingerprint density at radius 2 is 2.05 bits per heavy atom. The van der Waals surface area contributed by atoms with Crippen LogP contribution in [0.5, 0.6) is 5.75 Å². The summed E-state index contributed by atoms with van der Waals surface area (Å²) < 4.78 is 5.53. The third-order valence-electron chi connectivity index (χ3n) is 2.15. The van der Waals surface area contributed by atoms with Gasteiger partial charge in [0.25, 0.3) is 0 Å². The third-order valence-corrected chi connectivity index (χ3v) is 2.15. The molecular formula is C13H18N2O4. The Hall–Kier alpha value is -2.08. The first kappa shape index (κ1) is 15.0. The van der Waals surface area contributed by atoms with Crippen molar-refractivity contribution in [2.75, 3.05) is 33.9 Å². The fraction of sp³-hybridized carbons (Fsp3) is 0.385. The average Bonchev–Trinajstić information content (AvgIpc) is 2.36. The van der Waals surface area contributed by atoms with E-state index in [1.807, 2.05) is 43.3 Å². The van der Waals surface area contributed by atoms with Crippen LogP contribution >= 0.6 is 0 Å². The van der Waals surface area contributed by atoms with Gasteiger partial charge < -0.3 is 19.6 Å². The largest absolute Gasteiger partial charge is 0.492 e. The van der Waals surface area contributed by atoms with Crippen molar-refractivity contribution < 1.29 is 19.5 Å². The minimum absolute atomic E-state index is 0.442. The van der Waals surface area contributed by atoms with E-state index in [4.69, 9.17) is 9.84 Å². The molecule has 0 bridgehead atoms. The van der Waals surface area contributed by atoms with Gasteiger partial charge in [-0.05, 0) is 43.9 Å². The molecule has 0 unspecified atom stereocenters. The number of benzene rings is 1. The SMILES string of the molecule is CN(C)CCOc1ccc(C=NOCC(=O)O)cc1. The van der Waals surface area contributed by atoms with E-state index in [0.29, 0.717) is 6.61 Å². The highest BCUT2D eigenvalue weighted by atomic mass is 16.6. The number of hydrogen-bond donors (Lipinski definition) is 1. The molecule has 6 heteroatoms. The smallest absolute Gasteiger partial charge is 0.344 e. The lowest BCUT2D eigenvalue weighted by Crippen LogP contribution is -2.19. The lowest BCUT2D eigenvalue weighted by atomic mass is 10.2. The number of nitrogens with zero attached hydrogens (tertiary/aromatic N) is 2. The summed E-state index contributed by atoms with van der Waals surface area (Å²) in [6, 6.07) is 7.29. The quantitative estimate of drug-likeness (QED) is 0.563. The van der Waals surface area contributed by atoms with Crippen LogP contribution in [0.4, 0.5) is 0 Å². The summed E-state index contributed by atoms with van der Waals surface area (Å²) in [7, 11) is 3.97. The molecule has 0 aliphatic rings. The Morgan fingerprint density at radius 1 is 1.37 bits per heavy atom. The van der Waals surface area contributed by atoms with Crippen LogP contribution < -0.4 is 4.74 Å². The third kappa shape index (κ3) is 7.05. The number of carboxylic acid groups (broad SMARTS) is 1. The van der Waals surface area contributed by atoms with Gasteiger partial charge >= 0.3 is 5.97 Å². The number of likely N-dealkylation sites (N-methyl/N-ethyl adjacent to an activating group) is 1. The van der Waals surface area contributed by atoms with Crippen LogP contribution in [-0.2, 0) is 9.63 Å². The van der Waals surface area contributed by atoms with Crippen LogP contribution in [0.15, 0.2) is 29.4 Å². The lowest BCUT2D eigenvalue weighted by molar-refractivity contribution is -0.142. The molecule has 1 N–H and O–H groups in total. The first-order valence-electron chi connectivity index (χ1n) is 5.82. The molecule has 0 atom stereocenters. The molecule has 104 valence electrons. The van der Waals surface area contributed by atoms with Crippen molar-refractivity contribution >= 4 is 12.2 Å². The van der Waals surface area contributed by atoms with Crippen molar-refractivity contribution in [3.05, 3.63) is 29.8 Å². The van der Waals surface area contributed by atoms with Crippen LogP contribution in [0.1, 0.15) is 5.56 Å². The second kappa shape index (κ2) is 8.10. The van der Waals surface area contributed by atoms with Crippen molar-refractivity contribution in [1.82, 2.24) is 4.90 Å². The van der Waals surface area contributed by atoms with Crippen molar-refractivity contribution in [1.29, 1.82) is 0 Å². The summed E-state index contributed by atoms with van der Waals surface area (Å²) in [5, 5.41) is 11.9. The minimum atomic E-state index is -1.05. The molecule has 0 spiro atoms. The van der Waals surface area contributed by atoms with Gasteiger partial charge in [-0.3, -0.25) is 0 Å². The molecule has 0 amide bonds. The van der Waals surface area contributed by atoms with Crippen molar-refractivity contribution in [3.63, 3.8) is 0 Å². The molecule has 0 aliphatic heterocycles. The number of carbonyl (C=O) groups is 1. The number of carboxylic acids is 1. The van der Waals surface area contributed by atoms with Gasteiger partial charge in [0, 0.05) is 6.54 Å². The maximum atomic E-state index is 10.2. The number of ether oxygens (including phenoxy) is 1. The molecule has 0 aliphatic carbocycles. The van der Waals surface area contributed by atoms with Crippen LogP contribution in [0.2, 0.25) is 0 Å². The highest BCUT2D eigenvalue weighted by Crippen LogP contribution is 2.10. The molecule has 0 saturated heterocycles. The van der Waals surface area contributed by atoms with Crippen LogP contribution in [0.25, 0.3) is 0 Å². The summed E-state index contributed by atoms with van der Waals surface area (Å²) >= 11 is 0. The molecule has 1 rings (SSSR count). The van der Waals surface area contributed by atoms with Crippen LogP contribution in [-0.4, -0.2) is 56.0 Å². The summed E-state index contributed by atoms with van der Waals surface area (Å²) in [5.74, 6) is -0.271. The Bertz CT molecular complexity index is 415. The first-order valence-corrected chi connectivity index (χ1v) is 5.82. The number of aliphatic carboxylic acids is 1. The lowest BCUT2D eigenvalue weighted by Gasteiger charge is -2.10. The summed E-state index contributed by atoms with van der Waals surface area (Å²) in [4.78, 5) is 16.8. The van der Waals surface area contributed by atoms with Crippen molar-refractivity contribution in [2.24, 2.45) is 5.16 Å². The van der Waals surface area contributed by atoms with Gasteiger partial charge in [0.05, 0.1) is 6.21 Å². The van der Waals surface area contributed by atoms with E-state index in [1.54, 1.807) is 0 Å². The monoisotopic (exact) mass is 266 g/mol. The Kier molecular flexibility index (Phi) is 6.38. The molecule has 1 aromatic carbocycles. The average molecular weight is 266 g/mol. The van der Waals surface area contributed by atoms with E-state index >= 15 is 0 Å². The summed E-state index contributed by atoms with van der Waals surface area (Å²) in [6.07, 6.45) is 1.45. The zero-order valence-electron chi connectivity index (χ0n) is 11.1. The van der Waals surface area contributed by atoms with Gasteiger partial charge in [0.15, 0.2) is 0 Å². The summed E-state index contributed by atoms with van der Waals surface area (Å²) in [5.41, 5.74) is 0.811. The topological polar surface area (TPSA) is 71.4 Å². The predicted octanol–water partition coefficient (Wildman–Crippen LogP) is 1.06.